The maximum atomic E-state index is 13.8. The Morgan fingerprint density at radius 2 is 1.87 bits per heavy atom. The molecule has 2 aromatic carbocycles. The minimum atomic E-state index is -0.826. The number of nitrogens with zero attached hydrogens (tertiary/aromatic N) is 2. The van der Waals surface area contributed by atoms with E-state index >= 15 is 0 Å². The van der Waals surface area contributed by atoms with E-state index in [4.69, 9.17) is 0 Å². The summed E-state index contributed by atoms with van der Waals surface area (Å²) in [6, 6.07) is 18.8. The third-order valence-electron chi connectivity index (χ3n) is 8.50. The highest BCUT2D eigenvalue weighted by Gasteiger charge is 2.37. The van der Waals surface area contributed by atoms with Crippen molar-refractivity contribution in [2.45, 2.75) is 67.5 Å². The first-order valence-corrected chi connectivity index (χ1v) is 18.2. The fraction of sp³-hybridized carbons (Fsp3) is 0.471. The van der Waals surface area contributed by atoms with Crippen LogP contribution in [0, 0.1) is 5.92 Å². The molecule has 0 bridgehead atoms. The molecule has 2 aliphatic rings. The second kappa shape index (κ2) is 15.4. The smallest absolute Gasteiger partial charge is 0.239 e. The van der Waals surface area contributed by atoms with Crippen LogP contribution in [-0.4, -0.2) is 79.8 Å². The number of thiophene rings is 1. The SMILES string of the molecule is CC(C)(I)NC(=O)[C@@H]1CN(Cc2cc(Br)cs2)CCN1C[C@@H](O)C[C@@H](Cc1ccccc1)C(=O)N[C@H]1c2ccccc2C[C@H]1O. The quantitative estimate of drug-likeness (QED) is 0.121. The summed E-state index contributed by atoms with van der Waals surface area (Å²) in [5.41, 5.74) is 2.99. The van der Waals surface area contributed by atoms with Crippen molar-refractivity contribution < 1.29 is 19.8 Å². The van der Waals surface area contributed by atoms with Gasteiger partial charge in [-0.15, -0.1) is 11.3 Å². The Kier molecular flexibility index (Phi) is 11.8. The van der Waals surface area contributed by atoms with E-state index in [9.17, 15) is 19.8 Å². The fourth-order valence-corrected chi connectivity index (χ4v) is 8.15. The number of alkyl halides is 1. The Balaban J connectivity index is 1.28. The molecule has 1 fully saturated rings. The van der Waals surface area contributed by atoms with Crippen molar-refractivity contribution in [3.8, 4) is 0 Å². The summed E-state index contributed by atoms with van der Waals surface area (Å²) in [7, 11) is 0. The lowest BCUT2D eigenvalue weighted by Crippen LogP contribution is -2.61. The second-order valence-electron chi connectivity index (χ2n) is 12.7. The Hall–Kier alpha value is -1.87. The zero-order chi connectivity index (χ0) is 32.1. The van der Waals surface area contributed by atoms with E-state index in [0.717, 1.165) is 34.3 Å². The van der Waals surface area contributed by atoms with Crippen LogP contribution in [0.15, 0.2) is 70.5 Å². The molecule has 0 saturated carbocycles. The van der Waals surface area contributed by atoms with Gasteiger partial charge in [-0.2, -0.15) is 0 Å². The van der Waals surface area contributed by atoms with Gasteiger partial charge in [-0.05, 0) is 65.4 Å². The molecule has 11 heteroatoms. The summed E-state index contributed by atoms with van der Waals surface area (Å²) in [5, 5.41) is 30.6. The van der Waals surface area contributed by atoms with Gasteiger partial charge >= 0.3 is 0 Å². The van der Waals surface area contributed by atoms with E-state index in [-0.39, 0.29) is 24.8 Å². The number of amides is 2. The standard InChI is InChI=1S/C34H42BrIN4O4S/c1-34(2,36)38-33(44)29-20-39(19-27-17-25(35)21-45-27)12-13-40(29)18-26(41)15-24(14-22-8-4-3-5-9-22)32(43)37-31-28-11-7-6-10-23(28)16-30(31)42/h3-11,17,21,24,26,29-31,41-42H,12-16,18-20H2,1-2H3,(H,37,43)(H,38,44)/t24-,26+,29+,30-,31+/m1/s1. The predicted octanol–water partition coefficient (Wildman–Crippen LogP) is 4.67. The lowest BCUT2D eigenvalue weighted by atomic mass is 9.91. The largest absolute Gasteiger partial charge is 0.392 e. The van der Waals surface area contributed by atoms with Crippen LogP contribution in [0.3, 0.4) is 0 Å². The number of benzene rings is 2. The number of halogens is 2. The van der Waals surface area contributed by atoms with Gasteiger partial charge in [-0.25, -0.2) is 0 Å². The van der Waals surface area contributed by atoms with Gasteiger partial charge < -0.3 is 20.8 Å². The van der Waals surface area contributed by atoms with Crippen molar-refractivity contribution in [1.82, 2.24) is 20.4 Å². The van der Waals surface area contributed by atoms with Gasteiger partial charge in [0.2, 0.25) is 11.8 Å². The Labute approximate surface area is 291 Å². The van der Waals surface area contributed by atoms with Gasteiger partial charge in [0, 0.05) is 59.8 Å². The molecule has 242 valence electrons. The zero-order valence-electron chi connectivity index (χ0n) is 25.7. The summed E-state index contributed by atoms with van der Waals surface area (Å²) in [6.07, 6.45) is -0.318. The fourth-order valence-electron chi connectivity index (χ4n) is 6.40. The van der Waals surface area contributed by atoms with Crippen molar-refractivity contribution in [1.29, 1.82) is 0 Å². The van der Waals surface area contributed by atoms with Crippen molar-refractivity contribution in [2.75, 3.05) is 26.2 Å². The minimum Gasteiger partial charge on any atom is -0.392 e. The molecule has 2 heterocycles. The lowest BCUT2D eigenvalue weighted by Gasteiger charge is -2.42. The molecule has 5 rings (SSSR count). The average molecular weight is 810 g/mol. The molecule has 0 radical (unpaired) electrons. The van der Waals surface area contributed by atoms with Crippen LogP contribution in [0.25, 0.3) is 0 Å². The molecule has 1 aromatic heterocycles. The first-order valence-electron chi connectivity index (χ1n) is 15.4. The molecule has 8 nitrogen and oxygen atoms in total. The lowest BCUT2D eigenvalue weighted by molar-refractivity contribution is -0.131. The number of hydrogen-bond acceptors (Lipinski definition) is 7. The normalized spacial score (nSPS) is 22.0. The summed E-state index contributed by atoms with van der Waals surface area (Å²) >= 11 is 7.45. The topological polar surface area (TPSA) is 105 Å². The third-order valence-corrected chi connectivity index (χ3v) is 10.5. The number of carbonyl (C=O) groups is 2. The van der Waals surface area contributed by atoms with E-state index in [1.165, 1.54) is 4.88 Å². The number of hydrogen-bond donors (Lipinski definition) is 4. The predicted molar refractivity (Wildman–Crippen MR) is 190 cm³/mol. The van der Waals surface area contributed by atoms with Crippen LogP contribution in [0.1, 0.15) is 47.9 Å². The monoisotopic (exact) mass is 808 g/mol. The number of fused-ring (bicyclic) bond motifs is 1. The third kappa shape index (κ3) is 9.59. The highest BCUT2D eigenvalue weighted by Crippen LogP contribution is 2.32. The minimum absolute atomic E-state index is 0.0638. The van der Waals surface area contributed by atoms with Crippen LogP contribution < -0.4 is 10.6 Å². The van der Waals surface area contributed by atoms with Gasteiger partial charge in [-0.1, -0.05) is 77.2 Å². The van der Waals surface area contributed by atoms with E-state index in [2.05, 4.69) is 70.4 Å². The van der Waals surface area contributed by atoms with Crippen molar-refractivity contribution >= 4 is 61.7 Å². The summed E-state index contributed by atoms with van der Waals surface area (Å²) in [6.45, 7) is 6.91. The van der Waals surface area contributed by atoms with Gasteiger partial charge in [0.25, 0.3) is 0 Å². The molecule has 4 N–H and O–H groups in total. The van der Waals surface area contributed by atoms with Crippen LogP contribution in [0.4, 0.5) is 0 Å². The molecule has 1 aliphatic carbocycles. The summed E-state index contributed by atoms with van der Waals surface area (Å²) < 4.78 is 0.647. The number of piperazine rings is 1. The molecular formula is C34H42BrIN4O4S. The zero-order valence-corrected chi connectivity index (χ0v) is 30.2. The highest BCUT2D eigenvalue weighted by atomic mass is 127. The number of nitrogens with one attached hydrogen (secondary N) is 2. The molecular weight excluding hydrogens is 767 g/mol. The number of aliphatic hydroxyl groups is 2. The van der Waals surface area contributed by atoms with Gasteiger partial charge in [0.1, 0.15) is 6.04 Å². The molecule has 3 aromatic rings. The van der Waals surface area contributed by atoms with E-state index in [1.807, 2.05) is 68.4 Å². The molecule has 1 saturated heterocycles. The number of aliphatic hydroxyl groups excluding tert-OH is 2. The van der Waals surface area contributed by atoms with Gasteiger partial charge in [-0.3, -0.25) is 19.4 Å². The van der Waals surface area contributed by atoms with Crippen LogP contribution >= 0.6 is 49.9 Å². The first kappa shape index (κ1) is 34.5. The molecule has 1 aliphatic heterocycles. The maximum Gasteiger partial charge on any atom is 0.239 e. The van der Waals surface area contributed by atoms with Gasteiger partial charge in [0.15, 0.2) is 0 Å². The summed E-state index contributed by atoms with van der Waals surface area (Å²) in [4.78, 5) is 32.9. The van der Waals surface area contributed by atoms with E-state index in [0.29, 0.717) is 25.9 Å². The van der Waals surface area contributed by atoms with E-state index in [1.54, 1.807) is 11.3 Å². The van der Waals surface area contributed by atoms with E-state index < -0.39 is 33.8 Å². The molecule has 2 amide bonds. The van der Waals surface area contributed by atoms with Crippen LogP contribution in [0.5, 0.6) is 0 Å². The number of rotatable bonds is 12. The van der Waals surface area contributed by atoms with Crippen molar-refractivity contribution in [3.63, 3.8) is 0 Å². The summed E-state index contributed by atoms with van der Waals surface area (Å²) in [5.74, 6) is -0.765. The van der Waals surface area contributed by atoms with Crippen LogP contribution in [0.2, 0.25) is 0 Å². The van der Waals surface area contributed by atoms with Crippen molar-refractivity contribution in [3.05, 3.63) is 92.1 Å². The van der Waals surface area contributed by atoms with Crippen molar-refractivity contribution in [2.24, 2.45) is 5.92 Å². The molecule has 5 atom stereocenters. The Morgan fingerprint density at radius 1 is 1.13 bits per heavy atom. The highest BCUT2D eigenvalue weighted by molar-refractivity contribution is 14.1. The number of β-amino-alcohol motifs (C(OH)–C–C–N with tert-alkyl or cyclic N) is 1. The number of carbonyl (C=O) groups excluding carboxylic acids is 2. The Morgan fingerprint density at radius 3 is 2.58 bits per heavy atom. The molecule has 0 spiro atoms. The Bertz CT molecular complexity index is 1450. The maximum absolute atomic E-state index is 13.8. The molecule has 45 heavy (non-hydrogen) atoms. The second-order valence-corrected chi connectivity index (χ2v) is 17.3. The average Bonchev–Trinajstić information content (AvgIpc) is 3.54. The van der Waals surface area contributed by atoms with Gasteiger partial charge in [0.05, 0.1) is 21.8 Å². The van der Waals surface area contributed by atoms with Crippen LogP contribution in [-0.2, 0) is 29.0 Å². The molecule has 0 unspecified atom stereocenters. The first-order chi connectivity index (χ1) is 21.4.